The SMILES string of the molecule is CC(C)(C)c1ccc2ccc(-c3cc(-c4ccccc4)c(-c4ccccc4)c(-c4ccccc4)c3-c3ccccc3)c-2cc1. The van der Waals surface area contributed by atoms with E-state index in [1.165, 1.54) is 72.3 Å². The molecule has 0 N–H and O–H groups in total. The third kappa shape index (κ3) is 5.14. The van der Waals surface area contributed by atoms with Gasteiger partial charge in [0.05, 0.1) is 0 Å². The van der Waals surface area contributed by atoms with E-state index in [9.17, 15) is 0 Å². The monoisotopic (exact) mass is 564 g/mol. The lowest BCUT2D eigenvalue weighted by Gasteiger charge is -2.24. The standard InChI is InChI=1S/C44H36/c1-44(2,3)36-26-24-32-25-28-38(37(32)29-27-36)40-30-39(31-16-8-4-9-17-31)41(33-18-10-5-11-19-33)43(35-22-14-7-15-23-35)42(40)34-20-12-6-13-21-34/h4-30H,1-3H3. The van der Waals surface area contributed by atoms with E-state index in [-0.39, 0.29) is 5.41 Å². The van der Waals surface area contributed by atoms with Gasteiger partial charge in [-0.15, -0.1) is 0 Å². The highest BCUT2D eigenvalue weighted by atomic mass is 14.3. The van der Waals surface area contributed by atoms with E-state index >= 15 is 0 Å². The predicted octanol–water partition coefficient (Wildman–Crippen LogP) is 12.4. The highest BCUT2D eigenvalue weighted by Crippen LogP contribution is 2.52. The lowest BCUT2D eigenvalue weighted by Crippen LogP contribution is -2.09. The zero-order valence-corrected chi connectivity index (χ0v) is 25.6. The van der Waals surface area contributed by atoms with Crippen LogP contribution in [0, 0.1) is 0 Å². The minimum Gasteiger partial charge on any atom is -0.0622 e. The summed E-state index contributed by atoms with van der Waals surface area (Å²) in [5, 5.41) is 0. The molecule has 2 aliphatic rings. The summed E-state index contributed by atoms with van der Waals surface area (Å²) in [7, 11) is 0. The van der Waals surface area contributed by atoms with Crippen LogP contribution < -0.4 is 0 Å². The molecule has 0 heterocycles. The van der Waals surface area contributed by atoms with Gasteiger partial charge in [-0.1, -0.05) is 178 Å². The summed E-state index contributed by atoms with van der Waals surface area (Å²) in [6.07, 6.45) is 0. The summed E-state index contributed by atoms with van der Waals surface area (Å²) in [5.74, 6) is 0. The maximum absolute atomic E-state index is 2.44. The number of hydrogen-bond donors (Lipinski definition) is 0. The summed E-state index contributed by atoms with van der Waals surface area (Å²) in [5.41, 5.74) is 16.3. The normalized spacial score (nSPS) is 11.5. The smallest absolute Gasteiger partial charge is 0.00143 e. The van der Waals surface area contributed by atoms with Crippen LogP contribution in [0.3, 0.4) is 0 Å². The van der Waals surface area contributed by atoms with Gasteiger partial charge in [-0.05, 0) is 83.8 Å². The van der Waals surface area contributed by atoms with Crippen molar-refractivity contribution < 1.29 is 0 Å². The van der Waals surface area contributed by atoms with Gasteiger partial charge < -0.3 is 0 Å². The van der Waals surface area contributed by atoms with Crippen LogP contribution in [0.25, 0.3) is 66.8 Å². The summed E-state index contributed by atoms with van der Waals surface area (Å²) in [4.78, 5) is 0. The molecular weight excluding hydrogens is 528 g/mol. The van der Waals surface area contributed by atoms with Crippen molar-refractivity contribution in [1.82, 2.24) is 0 Å². The van der Waals surface area contributed by atoms with Crippen molar-refractivity contribution in [2.24, 2.45) is 0 Å². The van der Waals surface area contributed by atoms with Crippen molar-refractivity contribution in [1.29, 1.82) is 0 Å². The average Bonchev–Trinajstić information content (AvgIpc) is 3.34. The van der Waals surface area contributed by atoms with Crippen LogP contribution in [0.15, 0.2) is 164 Å². The zero-order valence-electron chi connectivity index (χ0n) is 25.6. The molecular formula is C44H36. The average molecular weight is 565 g/mol. The van der Waals surface area contributed by atoms with E-state index < -0.39 is 0 Å². The molecule has 0 saturated heterocycles. The molecule has 0 aliphatic heterocycles. The van der Waals surface area contributed by atoms with Crippen molar-refractivity contribution in [3.8, 4) is 66.8 Å². The summed E-state index contributed by atoms with van der Waals surface area (Å²) in [6, 6.07) is 59.8. The van der Waals surface area contributed by atoms with E-state index in [0.717, 1.165) is 0 Å². The maximum atomic E-state index is 2.44. The summed E-state index contributed by atoms with van der Waals surface area (Å²) < 4.78 is 0. The largest absolute Gasteiger partial charge is 0.0622 e. The second kappa shape index (κ2) is 11.5. The first-order valence-corrected chi connectivity index (χ1v) is 15.5. The molecule has 0 radical (unpaired) electrons. The second-order valence-electron chi connectivity index (χ2n) is 12.5. The Kier molecular flexibility index (Phi) is 7.20. The molecule has 0 bridgehead atoms. The number of benzene rings is 5. The Morgan fingerprint density at radius 3 is 1.20 bits per heavy atom. The molecule has 0 heteroatoms. The molecule has 2 aliphatic carbocycles. The first-order valence-electron chi connectivity index (χ1n) is 15.5. The van der Waals surface area contributed by atoms with Gasteiger partial charge in [0, 0.05) is 0 Å². The lowest BCUT2D eigenvalue weighted by atomic mass is 9.78. The van der Waals surface area contributed by atoms with Crippen LogP contribution in [0.2, 0.25) is 0 Å². The minimum atomic E-state index is 0.0735. The third-order valence-corrected chi connectivity index (χ3v) is 8.66. The van der Waals surface area contributed by atoms with Crippen LogP contribution in [-0.2, 0) is 5.41 Å². The maximum Gasteiger partial charge on any atom is -0.00143 e. The van der Waals surface area contributed by atoms with Crippen LogP contribution in [0.4, 0.5) is 0 Å². The number of hydrogen-bond acceptors (Lipinski definition) is 0. The van der Waals surface area contributed by atoms with Crippen molar-refractivity contribution in [2.75, 3.05) is 0 Å². The molecule has 5 aromatic carbocycles. The Morgan fingerprint density at radius 2 is 0.682 bits per heavy atom. The van der Waals surface area contributed by atoms with Crippen molar-refractivity contribution in [2.45, 2.75) is 26.2 Å². The highest BCUT2D eigenvalue weighted by molar-refractivity contribution is 6.09. The lowest BCUT2D eigenvalue weighted by molar-refractivity contribution is 0.591. The first kappa shape index (κ1) is 27.6. The molecule has 0 atom stereocenters. The Hall–Kier alpha value is -5.20. The summed E-state index contributed by atoms with van der Waals surface area (Å²) >= 11 is 0. The Morgan fingerprint density at radius 1 is 0.295 bits per heavy atom. The molecule has 44 heavy (non-hydrogen) atoms. The van der Waals surface area contributed by atoms with Crippen LogP contribution in [0.1, 0.15) is 26.3 Å². The van der Waals surface area contributed by atoms with Crippen molar-refractivity contribution in [3.63, 3.8) is 0 Å². The number of fused-ring (bicyclic) bond motifs is 1. The molecule has 0 amide bonds. The van der Waals surface area contributed by atoms with E-state index in [4.69, 9.17) is 0 Å². The molecule has 0 saturated carbocycles. The Balaban J connectivity index is 1.66. The topological polar surface area (TPSA) is 0 Å². The van der Waals surface area contributed by atoms with Gasteiger partial charge in [0.2, 0.25) is 0 Å². The number of rotatable bonds is 5. The fraction of sp³-hybridized carbons (Fsp3) is 0.0909. The van der Waals surface area contributed by atoms with Crippen molar-refractivity contribution in [3.05, 3.63) is 169 Å². The summed E-state index contributed by atoms with van der Waals surface area (Å²) in [6.45, 7) is 6.84. The van der Waals surface area contributed by atoms with Crippen molar-refractivity contribution >= 4 is 0 Å². The Labute approximate surface area is 261 Å². The first-order chi connectivity index (χ1) is 21.5. The van der Waals surface area contributed by atoms with Crippen LogP contribution >= 0.6 is 0 Å². The molecule has 7 rings (SSSR count). The fourth-order valence-corrected chi connectivity index (χ4v) is 6.43. The van der Waals surface area contributed by atoms with Gasteiger partial charge in [-0.25, -0.2) is 0 Å². The molecule has 0 nitrogen and oxygen atoms in total. The molecule has 0 unspecified atom stereocenters. The van der Waals surface area contributed by atoms with Gasteiger partial charge in [0.25, 0.3) is 0 Å². The minimum absolute atomic E-state index is 0.0735. The quantitative estimate of drug-likeness (QED) is 0.195. The zero-order chi connectivity index (χ0) is 30.1. The van der Waals surface area contributed by atoms with E-state index in [1.807, 2.05) is 0 Å². The fourth-order valence-electron chi connectivity index (χ4n) is 6.43. The Bertz CT molecular complexity index is 2000. The predicted molar refractivity (Wildman–Crippen MR) is 189 cm³/mol. The molecule has 0 spiro atoms. The molecule has 0 fully saturated rings. The van der Waals surface area contributed by atoms with Gasteiger partial charge in [-0.2, -0.15) is 0 Å². The van der Waals surface area contributed by atoms with Crippen LogP contribution in [0.5, 0.6) is 0 Å². The second-order valence-corrected chi connectivity index (χ2v) is 12.5. The van der Waals surface area contributed by atoms with Gasteiger partial charge in [0.1, 0.15) is 0 Å². The van der Waals surface area contributed by atoms with Gasteiger partial charge in [-0.3, -0.25) is 0 Å². The third-order valence-electron chi connectivity index (χ3n) is 8.66. The molecule has 0 aromatic heterocycles. The molecule has 5 aromatic rings. The highest BCUT2D eigenvalue weighted by Gasteiger charge is 2.25. The van der Waals surface area contributed by atoms with E-state index in [2.05, 4.69) is 185 Å². The van der Waals surface area contributed by atoms with E-state index in [1.54, 1.807) is 0 Å². The van der Waals surface area contributed by atoms with Gasteiger partial charge in [0.15, 0.2) is 0 Å². The van der Waals surface area contributed by atoms with Crippen LogP contribution in [-0.4, -0.2) is 0 Å². The van der Waals surface area contributed by atoms with Gasteiger partial charge >= 0.3 is 0 Å². The molecule has 212 valence electrons. The van der Waals surface area contributed by atoms with E-state index in [0.29, 0.717) is 0 Å².